The molecule has 0 aromatic carbocycles. The first-order valence-corrected chi connectivity index (χ1v) is 8.46. The number of carbonyl (C=O) groups excluding carboxylic acids is 2. The minimum atomic E-state index is 0.179. The molecule has 2 amide bonds. The van der Waals surface area contributed by atoms with E-state index in [0.29, 0.717) is 45.6 Å². The summed E-state index contributed by atoms with van der Waals surface area (Å²) in [6.07, 6.45) is 8.30. The fourth-order valence-corrected chi connectivity index (χ4v) is 3.40. The van der Waals surface area contributed by atoms with Gasteiger partial charge in [0.25, 0.3) is 0 Å². The third-order valence-electron chi connectivity index (χ3n) is 4.82. The van der Waals surface area contributed by atoms with Gasteiger partial charge < -0.3 is 15.5 Å². The zero-order valence-electron chi connectivity index (χ0n) is 13.1. The predicted octanol–water partition coefficient (Wildman–Crippen LogP) is 1.37. The molecule has 2 N–H and O–H groups in total. The van der Waals surface area contributed by atoms with Gasteiger partial charge in [-0.25, -0.2) is 0 Å². The van der Waals surface area contributed by atoms with Crippen molar-refractivity contribution in [3.8, 4) is 0 Å². The van der Waals surface area contributed by atoms with E-state index in [1.807, 2.05) is 9.80 Å². The topological polar surface area (TPSA) is 66.6 Å². The Kier molecular flexibility index (Phi) is 6.49. The molecule has 0 aromatic rings. The van der Waals surface area contributed by atoms with Crippen LogP contribution in [0.5, 0.6) is 0 Å². The summed E-state index contributed by atoms with van der Waals surface area (Å²) in [6, 6.07) is 0. The van der Waals surface area contributed by atoms with Gasteiger partial charge >= 0.3 is 0 Å². The molecule has 1 saturated heterocycles. The Balaban J connectivity index is 1.65. The predicted molar refractivity (Wildman–Crippen MR) is 82.6 cm³/mol. The fourth-order valence-electron chi connectivity index (χ4n) is 3.40. The molecule has 120 valence electrons. The lowest BCUT2D eigenvalue weighted by molar-refractivity contribution is -0.139. The number of carbonyl (C=O) groups is 2. The van der Waals surface area contributed by atoms with Crippen molar-refractivity contribution in [2.75, 3.05) is 32.7 Å². The first-order valence-electron chi connectivity index (χ1n) is 8.46. The highest BCUT2D eigenvalue weighted by molar-refractivity contribution is 5.78. The summed E-state index contributed by atoms with van der Waals surface area (Å²) >= 11 is 0. The van der Waals surface area contributed by atoms with Gasteiger partial charge in [0.05, 0.1) is 0 Å². The normalized spacial score (nSPS) is 20.0. The van der Waals surface area contributed by atoms with E-state index in [1.165, 1.54) is 25.7 Å². The van der Waals surface area contributed by atoms with Crippen LogP contribution in [0.15, 0.2) is 0 Å². The van der Waals surface area contributed by atoms with E-state index >= 15 is 0 Å². The van der Waals surface area contributed by atoms with Gasteiger partial charge in [0.1, 0.15) is 0 Å². The van der Waals surface area contributed by atoms with Crippen LogP contribution in [-0.4, -0.2) is 54.3 Å². The van der Waals surface area contributed by atoms with E-state index in [9.17, 15) is 9.59 Å². The maximum Gasteiger partial charge on any atom is 0.222 e. The lowest BCUT2D eigenvalue weighted by atomic mass is 10.0. The van der Waals surface area contributed by atoms with Gasteiger partial charge in [-0.3, -0.25) is 9.59 Å². The largest absolute Gasteiger partial charge is 0.339 e. The Morgan fingerprint density at radius 3 is 1.95 bits per heavy atom. The molecule has 0 bridgehead atoms. The van der Waals surface area contributed by atoms with Gasteiger partial charge in [-0.15, -0.1) is 0 Å². The second-order valence-electron chi connectivity index (χ2n) is 6.34. The quantitative estimate of drug-likeness (QED) is 0.804. The highest BCUT2D eigenvalue weighted by Crippen LogP contribution is 2.28. The standard InChI is InChI=1S/C16H29N3O2/c17-9-3-6-15(20)18-10-12-19(13-11-18)16(21)8-7-14-4-1-2-5-14/h14H,1-13,17H2. The van der Waals surface area contributed by atoms with Crippen molar-refractivity contribution in [1.82, 2.24) is 9.80 Å². The van der Waals surface area contributed by atoms with Gasteiger partial charge in [-0.1, -0.05) is 25.7 Å². The SMILES string of the molecule is NCCCC(=O)N1CCN(C(=O)CCC2CCCC2)CC1. The minimum absolute atomic E-state index is 0.179. The number of nitrogens with zero attached hydrogens (tertiary/aromatic N) is 2. The summed E-state index contributed by atoms with van der Waals surface area (Å²) in [5.41, 5.74) is 5.43. The van der Waals surface area contributed by atoms with Gasteiger partial charge in [0.2, 0.25) is 11.8 Å². The molecule has 5 heteroatoms. The number of nitrogens with two attached hydrogens (primary N) is 1. The zero-order chi connectivity index (χ0) is 15.1. The molecular formula is C16H29N3O2. The first-order chi connectivity index (χ1) is 10.2. The summed E-state index contributed by atoms with van der Waals surface area (Å²) in [7, 11) is 0. The lowest BCUT2D eigenvalue weighted by Crippen LogP contribution is -2.50. The van der Waals surface area contributed by atoms with Crippen LogP contribution in [0.3, 0.4) is 0 Å². The second-order valence-corrected chi connectivity index (χ2v) is 6.34. The van der Waals surface area contributed by atoms with E-state index in [0.717, 1.165) is 18.8 Å². The molecule has 0 aromatic heterocycles. The van der Waals surface area contributed by atoms with Gasteiger partial charge in [-0.05, 0) is 25.3 Å². The van der Waals surface area contributed by atoms with Gasteiger partial charge in [0.15, 0.2) is 0 Å². The summed E-state index contributed by atoms with van der Waals surface area (Å²) < 4.78 is 0. The van der Waals surface area contributed by atoms with Crippen LogP contribution in [0.25, 0.3) is 0 Å². The molecule has 2 aliphatic rings. The van der Waals surface area contributed by atoms with Crippen molar-refractivity contribution in [2.45, 2.75) is 51.4 Å². The van der Waals surface area contributed by atoms with Crippen LogP contribution in [0.4, 0.5) is 0 Å². The smallest absolute Gasteiger partial charge is 0.222 e. The number of piperazine rings is 1. The van der Waals surface area contributed by atoms with Crippen LogP contribution >= 0.6 is 0 Å². The Morgan fingerprint density at radius 1 is 0.905 bits per heavy atom. The number of amides is 2. The van der Waals surface area contributed by atoms with Crippen molar-refractivity contribution in [3.63, 3.8) is 0 Å². The third-order valence-corrected chi connectivity index (χ3v) is 4.82. The van der Waals surface area contributed by atoms with Crippen molar-refractivity contribution < 1.29 is 9.59 Å². The average Bonchev–Trinajstić information content (AvgIpc) is 3.04. The van der Waals surface area contributed by atoms with Crippen LogP contribution in [0.2, 0.25) is 0 Å². The van der Waals surface area contributed by atoms with E-state index in [4.69, 9.17) is 5.73 Å². The van der Waals surface area contributed by atoms with Crippen molar-refractivity contribution in [3.05, 3.63) is 0 Å². The van der Waals surface area contributed by atoms with Crippen molar-refractivity contribution >= 4 is 11.8 Å². The molecule has 0 atom stereocenters. The van der Waals surface area contributed by atoms with Crippen LogP contribution in [0, 0.1) is 5.92 Å². The summed E-state index contributed by atoms with van der Waals surface area (Å²) in [4.78, 5) is 27.9. The monoisotopic (exact) mass is 295 g/mol. The molecule has 1 saturated carbocycles. The molecule has 0 spiro atoms. The van der Waals surface area contributed by atoms with Gasteiger partial charge in [0, 0.05) is 39.0 Å². The number of hydrogen-bond acceptors (Lipinski definition) is 3. The first kappa shape index (κ1) is 16.3. The molecule has 21 heavy (non-hydrogen) atoms. The van der Waals surface area contributed by atoms with Crippen LogP contribution in [-0.2, 0) is 9.59 Å². The van der Waals surface area contributed by atoms with E-state index in [2.05, 4.69) is 0 Å². The van der Waals surface area contributed by atoms with Crippen LogP contribution < -0.4 is 5.73 Å². The molecule has 0 radical (unpaired) electrons. The molecule has 2 rings (SSSR count). The summed E-state index contributed by atoms with van der Waals surface area (Å²) in [6.45, 7) is 3.30. The fraction of sp³-hybridized carbons (Fsp3) is 0.875. The Hall–Kier alpha value is -1.10. The van der Waals surface area contributed by atoms with E-state index in [-0.39, 0.29) is 11.8 Å². The molecule has 1 aliphatic heterocycles. The zero-order valence-corrected chi connectivity index (χ0v) is 13.1. The van der Waals surface area contributed by atoms with E-state index < -0.39 is 0 Å². The number of rotatable bonds is 6. The summed E-state index contributed by atoms with van der Waals surface area (Å²) in [5, 5.41) is 0. The maximum absolute atomic E-state index is 12.2. The molecule has 1 heterocycles. The summed E-state index contributed by atoms with van der Waals surface area (Å²) in [5.74, 6) is 1.22. The molecule has 0 unspecified atom stereocenters. The van der Waals surface area contributed by atoms with Gasteiger partial charge in [-0.2, -0.15) is 0 Å². The van der Waals surface area contributed by atoms with Crippen molar-refractivity contribution in [2.24, 2.45) is 11.7 Å². The Morgan fingerprint density at radius 2 is 1.43 bits per heavy atom. The average molecular weight is 295 g/mol. The highest BCUT2D eigenvalue weighted by atomic mass is 16.2. The molecule has 1 aliphatic carbocycles. The lowest BCUT2D eigenvalue weighted by Gasteiger charge is -2.35. The third kappa shape index (κ3) is 4.99. The maximum atomic E-state index is 12.2. The van der Waals surface area contributed by atoms with E-state index in [1.54, 1.807) is 0 Å². The number of hydrogen-bond donors (Lipinski definition) is 1. The molecular weight excluding hydrogens is 266 g/mol. The minimum Gasteiger partial charge on any atom is -0.339 e. The Bertz CT molecular complexity index is 345. The second kappa shape index (κ2) is 8.37. The highest BCUT2D eigenvalue weighted by Gasteiger charge is 2.24. The van der Waals surface area contributed by atoms with Crippen molar-refractivity contribution in [1.29, 1.82) is 0 Å². The van der Waals surface area contributed by atoms with Crippen LogP contribution in [0.1, 0.15) is 51.4 Å². The molecule has 2 fully saturated rings. The Labute approximate surface area is 127 Å². The molecule has 5 nitrogen and oxygen atoms in total.